The number of hydrogen-bond donors (Lipinski definition) is 3. The molecule has 3 N–H and O–H groups in total. The lowest BCUT2D eigenvalue weighted by Gasteiger charge is -2.46. The van der Waals surface area contributed by atoms with E-state index in [0.29, 0.717) is 6.54 Å². The molecule has 0 unspecified atom stereocenters. The maximum Gasteiger partial charge on any atom is 0.315 e. The van der Waals surface area contributed by atoms with Crippen molar-refractivity contribution in [3.8, 4) is 11.3 Å². The summed E-state index contributed by atoms with van der Waals surface area (Å²) in [5.41, 5.74) is 3.11. The molecule has 6 heteroatoms. The van der Waals surface area contributed by atoms with E-state index in [-0.39, 0.29) is 23.2 Å². The highest BCUT2D eigenvalue weighted by Crippen LogP contribution is 2.28. The average molecular weight is 373 g/mol. The smallest absolute Gasteiger partial charge is 0.315 e. The van der Waals surface area contributed by atoms with Crippen molar-refractivity contribution >= 4 is 17.4 Å². The molecule has 0 radical (unpaired) electrons. The topological polar surface area (TPSA) is 66.0 Å². The lowest BCUT2D eigenvalue weighted by atomic mass is 9.80. The molecule has 3 heterocycles. The first-order chi connectivity index (χ1) is 12.2. The van der Waals surface area contributed by atoms with Gasteiger partial charge in [-0.3, -0.25) is 4.98 Å². The second kappa shape index (κ2) is 7.37. The zero-order valence-corrected chi connectivity index (χ0v) is 16.7. The van der Waals surface area contributed by atoms with Gasteiger partial charge in [-0.25, -0.2) is 4.79 Å². The van der Waals surface area contributed by atoms with Gasteiger partial charge >= 0.3 is 6.03 Å². The van der Waals surface area contributed by atoms with Crippen LogP contribution in [0.15, 0.2) is 35.2 Å². The van der Waals surface area contributed by atoms with E-state index in [1.165, 1.54) is 0 Å². The Kier molecular flexibility index (Phi) is 5.34. The number of pyridine rings is 1. The summed E-state index contributed by atoms with van der Waals surface area (Å²) in [6.45, 7) is 9.20. The molecule has 0 saturated carbocycles. The first-order valence-corrected chi connectivity index (χ1v) is 9.98. The van der Waals surface area contributed by atoms with E-state index >= 15 is 0 Å². The van der Waals surface area contributed by atoms with Gasteiger partial charge in [0, 0.05) is 40.8 Å². The number of aromatic nitrogens is 1. The third kappa shape index (κ3) is 5.05. The number of nitrogens with zero attached hydrogens (tertiary/aromatic N) is 1. The summed E-state index contributed by atoms with van der Waals surface area (Å²) < 4.78 is 0. The van der Waals surface area contributed by atoms with Gasteiger partial charge in [0.2, 0.25) is 0 Å². The molecule has 0 bridgehead atoms. The van der Waals surface area contributed by atoms with Gasteiger partial charge in [-0.15, -0.1) is 0 Å². The number of amides is 2. The minimum absolute atomic E-state index is 0.0150. The summed E-state index contributed by atoms with van der Waals surface area (Å²) >= 11 is 1.66. The van der Waals surface area contributed by atoms with Crippen molar-refractivity contribution in [1.82, 2.24) is 20.9 Å². The molecule has 2 amide bonds. The van der Waals surface area contributed by atoms with Crippen molar-refractivity contribution < 1.29 is 4.79 Å². The highest BCUT2D eigenvalue weighted by molar-refractivity contribution is 7.08. The zero-order valence-electron chi connectivity index (χ0n) is 15.9. The number of piperidine rings is 1. The number of nitrogens with one attached hydrogen (secondary N) is 3. The predicted molar refractivity (Wildman–Crippen MR) is 107 cm³/mol. The third-order valence-corrected chi connectivity index (χ3v) is 5.30. The number of urea groups is 1. The molecule has 26 heavy (non-hydrogen) atoms. The van der Waals surface area contributed by atoms with Gasteiger partial charge in [0.1, 0.15) is 0 Å². The van der Waals surface area contributed by atoms with Gasteiger partial charge < -0.3 is 16.0 Å². The fourth-order valence-corrected chi connectivity index (χ4v) is 4.60. The molecular weight excluding hydrogens is 344 g/mol. The van der Waals surface area contributed by atoms with Crippen LogP contribution < -0.4 is 16.0 Å². The Morgan fingerprint density at radius 2 is 1.96 bits per heavy atom. The maximum atomic E-state index is 12.3. The van der Waals surface area contributed by atoms with Gasteiger partial charge in [0.15, 0.2) is 0 Å². The molecule has 0 atom stereocenters. The molecule has 0 aromatic carbocycles. The minimum Gasteiger partial charge on any atom is -0.335 e. The van der Waals surface area contributed by atoms with Crippen LogP contribution in [0.25, 0.3) is 11.3 Å². The molecule has 1 fully saturated rings. The van der Waals surface area contributed by atoms with Gasteiger partial charge in [-0.1, -0.05) is 6.07 Å². The van der Waals surface area contributed by atoms with Crippen molar-refractivity contribution in [2.75, 3.05) is 0 Å². The normalized spacial score (nSPS) is 19.1. The van der Waals surface area contributed by atoms with Crippen molar-refractivity contribution in [3.05, 3.63) is 40.7 Å². The highest BCUT2D eigenvalue weighted by atomic mass is 32.1. The molecule has 1 saturated heterocycles. The molecule has 5 nitrogen and oxygen atoms in total. The summed E-state index contributed by atoms with van der Waals surface area (Å²) in [4.78, 5) is 16.8. The standard InChI is InChI=1S/C20H28N4OS/c1-19(2)9-16(10-20(3,4)24-19)23-18(25)22-12-14-5-6-17(21-11-14)15-7-8-26-13-15/h5-8,11,13,16,24H,9-10,12H2,1-4H3,(H2,22,23,25). The molecule has 1 aliphatic rings. The molecule has 140 valence electrons. The lowest BCUT2D eigenvalue weighted by molar-refractivity contribution is 0.147. The Morgan fingerprint density at radius 1 is 1.23 bits per heavy atom. The SMILES string of the molecule is CC1(C)CC(NC(=O)NCc2ccc(-c3ccsc3)nc2)CC(C)(C)N1. The summed E-state index contributed by atoms with van der Waals surface area (Å²) in [7, 11) is 0. The monoisotopic (exact) mass is 372 g/mol. The van der Waals surface area contributed by atoms with Crippen LogP contribution >= 0.6 is 11.3 Å². The first-order valence-electron chi connectivity index (χ1n) is 9.04. The summed E-state index contributed by atoms with van der Waals surface area (Å²) in [5.74, 6) is 0. The van der Waals surface area contributed by atoms with Gasteiger partial charge in [-0.05, 0) is 63.6 Å². The van der Waals surface area contributed by atoms with E-state index in [9.17, 15) is 4.79 Å². The number of carbonyl (C=O) groups excluding carboxylic acids is 1. The minimum atomic E-state index is -0.120. The summed E-state index contributed by atoms with van der Waals surface area (Å²) in [5, 5.41) is 13.8. The Labute approximate surface area is 159 Å². The quantitative estimate of drug-likeness (QED) is 0.762. The summed E-state index contributed by atoms with van der Waals surface area (Å²) in [6.07, 6.45) is 3.66. The van der Waals surface area contributed by atoms with Crippen molar-refractivity contribution in [2.24, 2.45) is 0 Å². The zero-order chi connectivity index (χ0) is 18.8. The first kappa shape index (κ1) is 18.9. The fourth-order valence-electron chi connectivity index (χ4n) is 3.95. The van der Waals surface area contributed by atoms with Gasteiger partial charge in [0.25, 0.3) is 0 Å². The van der Waals surface area contributed by atoms with E-state index in [0.717, 1.165) is 29.7 Å². The average Bonchev–Trinajstić information content (AvgIpc) is 3.04. The maximum absolute atomic E-state index is 12.3. The second-order valence-corrected chi connectivity index (χ2v) is 9.17. The largest absolute Gasteiger partial charge is 0.335 e. The van der Waals surface area contributed by atoms with Crippen molar-refractivity contribution in [1.29, 1.82) is 0 Å². The molecule has 2 aromatic heterocycles. The van der Waals surface area contributed by atoms with Crippen LogP contribution in [0.4, 0.5) is 4.79 Å². The van der Waals surface area contributed by atoms with E-state index in [2.05, 4.69) is 60.1 Å². The van der Waals surface area contributed by atoms with E-state index in [4.69, 9.17) is 0 Å². The molecule has 3 rings (SSSR count). The number of carbonyl (C=O) groups is 1. The van der Waals surface area contributed by atoms with Crippen LogP contribution in [0.2, 0.25) is 0 Å². The predicted octanol–water partition coefficient (Wildman–Crippen LogP) is 3.92. The second-order valence-electron chi connectivity index (χ2n) is 8.39. The van der Waals surface area contributed by atoms with Crippen molar-refractivity contribution in [3.63, 3.8) is 0 Å². The molecular formula is C20H28N4OS. The van der Waals surface area contributed by atoms with Crippen LogP contribution in [0, 0.1) is 0 Å². The molecule has 1 aliphatic heterocycles. The Morgan fingerprint density at radius 3 is 2.54 bits per heavy atom. The number of hydrogen-bond acceptors (Lipinski definition) is 4. The van der Waals surface area contributed by atoms with E-state index in [1.807, 2.05) is 23.7 Å². The van der Waals surface area contributed by atoms with Crippen LogP contribution in [-0.2, 0) is 6.54 Å². The van der Waals surface area contributed by atoms with Crippen LogP contribution in [-0.4, -0.2) is 28.1 Å². The molecule has 2 aromatic rings. The van der Waals surface area contributed by atoms with Crippen LogP contribution in [0.1, 0.15) is 46.1 Å². The third-order valence-electron chi connectivity index (χ3n) is 4.62. The molecule has 0 aliphatic carbocycles. The van der Waals surface area contributed by atoms with Crippen LogP contribution in [0.3, 0.4) is 0 Å². The number of thiophene rings is 1. The highest BCUT2D eigenvalue weighted by Gasteiger charge is 2.38. The molecule has 0 spiro atoms. The van der Waals surface area contributed by atoms with Crippen molar-refractivity contribution in [2.45, 2.75) is 64.2 Å². The summed E-state index contributed by atoms with van der Waals surface area (Å²) in [6, 6.07) is 6.11. The lowest BCUT2D eigenvalue weighted by Crippen LogP contribution is -2.62. The van der Waals surface area contributed by atoms with Crippen LogP contribution in [0.5, 0.6) is 0 Å². The fraction of sp³-hybridized carbons (Fsp3) is 0.500. The Bertz CT molecular complexity index is 722. The van der Waals surface area contributed by atoms with E-state index in [1.54, 1.807) is 11.3 Å². The van der Waals surface area contributed by atoms with E-state index < -0.39 is 0 Å². The number of rotatable bonds is 4. The van der Waals surface area contributed by atoms with Gasteiger partial charge in [0.05, 0.1) is 5.69 Å². The Hall–Kier alpha value is -1.92. The van der Waals surface area contributed by atoms with Gasteiger partial charge in [-0.2, -0.15) is 11.3 Å². The Balaban J connectivity index is 1.51.